The van der Waals surface area contributed by atoms with Gasteiger partial charge in [-0.15, -0.1) is 11.3 Å². The molecule has 0 fully saturated rings. The predicted octanol–water partition coefficient (Wildman–Crippen LogP) is 2.47. The lowest BCUT2D eigenvalue weighted by atomic mass is 9.95. The summed E-state index contributed by atoms with van der Waals surface area (Å²) in [6, 6.07) is 0. The maximum atomic E-state index is 12.0. The summed E-state index contributed by atoms with van der Waals surface area (Å²) in [6.45, 7) is 1.93. The molecule has 7 heteroatoms. The highest BCUT2D eigenvalue weighted by atomic mass is 32.1. The van der Waals surface area contributed by atoms with E-state index < -0.39 is 17.8 Å². The number of carbonyl (C=O) groups is 3. The van der Waals surface area contributed by atoms with Gasteiger partial charge in [0.2, 0.25) is 5.91 Å². The fourth-order valence-corrected chi connectivity index (χ4v) is 3.74. The lowest BCUT2D eigenvalue weighted by Gasteiger charge is -2.11. The Kier molecular flexibility index (Phi) is 5.92. The number of aryl methyl sites for hydroxylation is 1. The van der Waals surface area contributed by atoms with Gasteiger partial charge in [0.25, 0.3) is 0 Å². The average Bonchev–Trinajstić information content (AvgIpc) is 2.90. The van der Waals surface area contributed by atoms with E-state index in [-0.39, 0.29) is 6.61 Å². The molecular formula is C16H19NO5S. The molecule has 23 heavy (non-hydrogen) atoms. The molecule has 0 aromatic carbocycles. The van der Waals surface area contributed by atoms with Crippen molar-refractivity contribution in [3.05, 3.63) is 28.2 Å². The lowest BCUT2D eigenvalue weighted by Crippen LogP contribution is -2.13. The fourth-order valence-electron chi connectivity index (χ4n) is 2.46. The van der Waals surface area contributed by atoms with Crippen molar-refractivity contribution >= 4 is 34.2 Å². The first-order chi connectivity index (χ1) is 11.1. The highest BCUT2D eigenvalue weighted by molar-refractivity contribution is 7.17. The van der Waals surface area contributed by atoms with Gasteiger partial charge in [-0.05, 0) is 38.2 Å². The molecule has 0 aliphatic heterocycles. The number of fused-ring (bicyclic) bond motifs is 1. The molecule has 1 aromatic heterocycles. The van der Waals surface area contributed by atoms with Gasteiger partial charge in [0, 0.05) is 17.0 Å². The van der Waals surface area contributed by atoms with Crippen LogP contribution in [0.1, 0.15) is 40.6 Å². The summed E-state index contributed by atoms with van der Waals surface area (Å²) >= 11 is 1.40. The second-order valence-corrected chi connectivity index (χ2v) is 6.09. The first-order valence-electron chi connectivity index (χ1n) is 7.45. The van der Waals surface area contributed by atoms with Gasteiger partial charge >= 0.3 is 11.9 Å². The normalized spacial score (nSPS) is 13.5. The van der Waals surface area contributed by atoms with Crippen LogP contribution in [0.15, 0.2) is 12.2 Å². The Morgan fingerprint density at radius 3 is 2.65 bits per heavy atom. The summed E-state index contributed by atoms with van der Waals surface area (Å²) in [4.78, 5) is 36.3. The zero-order valence-electron chi connectivity index (χ0n) is 13.1. The van der Waals surface area contributed by atoms with Crippen LogP contribution in [-0.4, -0.2) is 31.6 Å². The Balaban J connectivity index is 2.19. The number of thiophene rings is 1. The van der Waals surface area contributed by atoms with Crippen LogP contribution in [0.25, 0.3) is 0 Å². The van der Waals surface area contributed by atoms with E-state index in [9.17, 15) is 14.4 Å². The number of rotatable bonds is 5. The fraction of sp³-hybridized carbons (Fsp3) is 0.438. The average molecular weight is 337 g/mol. The first-order valence-corrected chi connectivity index (χ1v) is 8.27. The molecule has 0 spiro atoms. The van der Waals surface area contributed by atoms with Crippen molar-refractivity contribution < 1.29 is 23.9 Å². The molecule has 1 aliphatic carbocycles. The van der Waals surface area contributed by atoms with Crippen LogP contribution in [0.3, 0.4) is 0 Å². The molecule has 0 bridgehead atoms. The minimum atomic E-state index is -0.582. The quantitative estimate of drug-likeness (QED) is 0.659. The van der Waals surface area contributed by atoms with Crippen LogP contribution in [0, 0.1) is 0 Å². The summed E-state index contributed by atoms with van der Waals surface area (Å²) in [5.41, 5.74) is 1.41. The molecule has 0 unspecified atom stereocenters. The van der Waals surface area contributed by atoms with Gasteiger partial charge in [-0.1, -0.05) is 0 Å². The Morgan fingerprint density at radius 2 is 1.96 bits per heavy atom. The molecule has 124 valence electrons. The second kappa shape index (κ2) is 7.92. The Labute approximate surface area is 138 Å². The van der Waals surface area contributed by atoms with E-state index in [2.05, 4.69) is 5.32 Å². The molecular weight excluding hydrogens is 318 g/mol. The Bertz CT molecular complexity index is 647. The monoisotopic (exact) mass is 337 g/mol. The molecule has 1 aromatic rings. The minimum absolute atomic E-state index is 0.245. The van der Waals surface area contributed by atoms with Gasteiger partial charge in [-0.2, -0.15) is 0 Å². The number of hydrogen-bond acceptors (Lipinski definition) is 6. The second-order valence-electron chi connectivity index (χ2n) is 4.98. The zero-order valence-corrected chi connectivity index (χ0v) is 14.0. The number of hydrogen-bond donors (Lipinski definition) is 1. The van der Waals surface area contributed by atoms with Gasteiger partial charge < -0.3 is 14.8 Å². The molecule has 1 amide bonds. The van der Waals surface area contributed by atoms with Gasteiger partial charge in [0.05, 0.1) is 19.3 Å². The van der Waals surface area contributed by atoms with E-state index in [0.29, 0.717) is 10.6 Å². The number of methoxy groups -OCH3 is 1. The van der Waals surface area contributed by atoms with Crippen molar-refractivity contribution in [2.24, 2.45) is 0 Å². The van der Waals surface area contributed by atoms with E-state index >= 15 is 0 Å². The zero-order chi connectivity index (χ0) is 16.8. The van der Waals surface area contributed by atoms with E-state index in [1.54, 1.807) is 6.92 Å². The van der Waals surface area contributed by atoms with Gasteiger partial charge in [-0.3, -0.25) is 4.79 Å². The van der Waals surface area contributed by atoms with Crippen molar-refractivity contribution in [2.45, 2.75) is 32.6 Å². The number of ether oxygens (including phenoxy) is 2. The molecule has 1 aliphatic rings. The SMILES string of the molecule is CCOC(=O)/C=C\C(=O)Nc1sc2c(c1C(=O)OC)CCCC2. The molecule has 1 N–H and O–H groups in total. The number of nitrogens with one attached hydrogen (secondary N) is 1. The van der Waals surface area contributed by atoms with Crippen LogP contribution < -0.4 is 5.32 Å². The summed E-state index contributed by atoms with van der Waals surface area (Å²) in [7, 11) is 1.32. The van der Waals surface area contributed by atoms with Gasteiger partial charge in [0.1, 0.15) is 5.00 Å². The molecule has 1 heterocycles. The third kappa shape index (κ3) is 4.19. The maximum absolute atomic E-state index is 12.0. The van der Waals surface area contributed by atoms with Crippen LogP contribution in [-0.2, 0) is 31.9 Å². The van der Waals surface area contributed by atoms with E-state index in [0.717, 1.165) is 48.3 Å². The number of carbonyl (C=O) groups excluding carboxylic acids is 3. The number of amides is 1. The third-order valence-corrected chi connectivity index (χ3v) is 4.66. The molecule has 2 rings (SSSR count). The third-order valence-electron chi connectivity index (χ3n) is 3.45. The van der Waals surface area contributed by atoms with Crippen molar-refractivity contribution in [1.29, 1.82) is 0 Å². The topological polar surface area (TPSA) is 81.7 Å². The maximum Gasteiger partial charge on any atom is 0.341 e. The minimum Gasteiger partial charge on any atom is -0.465 e. The largest absolute Gasteiger partial charge is 0.465 e. The Hall–Kier alpha value is -2.15. The van der Waals surface area contributed by atoms with Gasteiger partial charge in [0.15, 0.2) is 0 Å². The molecule has 0 saturated carbocycles. The highest BCUT2D eigenvalue weighted by Gasteiger charge is 2.26. The predicted molar refractivity (Wildman–Crippen MR) is 86.7 cm³/mol. The summed E-state index contributed by atoms with van der Waals surface area (Å²) < 4.78 is 9.55. The van der Waals surface area contributed by atoms with Crippen LogP contribution in [0.5, 0.6) is 0 Å². The smallest absolute Gasteiger partial charge is 0.341 e. The van der Waals surface area contributed by atoms with Crippen molar-refractivity contribution in [2.75, 3.05) is 19.0 Å². The Morgan fingerprint density at radius 1 is 1.22 bits per heavy atom. The van der Waals surface area contributed by atoms with E-state index in [4.69, 9.17) is 9.47 Å². The molecule has 0 saturated heterocycles. The van der Waals surface area contributed by atoms with E-state index in [1.807, 2.05) is 0 Å². The summed E-state index contributed by atoms with van der Waals surface area (Å²) in [5, 5.41) is 3.14. The first kappa shape index (κ1) is 17.2. The number of esters is 2. The standard InChI is InChI=1S/C16H19NO5S/c1-3-22-13(19)9-8-12(18)17-15-14(16(20)21-2)10-6-4-5-7-11(10)23-15/h8-9H,3-7H2,1-2H3,(H,17,18)/b9-8-. The number of anilines is 1. The van der Waals surface area contributed by atoms with Crippen LogP contribution in [0.4, 0.5) is 5.00 Å². The van der Waals surface area contributed by atoms with Crippen molar-refractivity contribution in [3.63, 3.8) is 0 Å². The molecule has 0 atom stereocenters. The summed E-state index contributed by atoms with van der Waals surface area (Å²) in [6.07, 6.45) is 5.96. The molecule has 6 nitrogen and oxygen atoms in total. The van der Waals surface area contributed by atoms with Crippen LogP contribution >= 0.6 is 11.3 Å². The molecule has 0 radical (unpaired) electrons. The lowest BCUT2D eigenvalue weighted by molar-refractivity contribution is -0.137. The highest BCUT2D eigenvalue weighted by Crippen LogP contribution is 2.38. The van der Waals surface area contributed by atoms with Crippen molar-refractivity contribution in [3.8, 4) is 0 Å². The summed E-state index contributed by atoms with van der Waals surface area (Å²) in [5.74, 6) is -1.52. The van der Waals surface area contributed by atoms with Crippen LogP contribution in [0.2, 0.25) is 0 Å². The van der Waals surface area contributed by atoms with Gasteiger partial charge in [-0.25, -0.2) is 9.59 Å². The van der Waals surface area contributed by atoms with Crippen molar-refractivity contribution in [1.82, 2.24) is 0 Å². The van der Waals surface area contributed by atoms with E-state index in [1.165, 1.54) is 18.4 Å².